The molecule has 1 aliphatic rings. The molecule has 0 aromatic carbocycles. The number of aliphatic hydroxyl groups excluding tert-OH is 1. The molecule has 1 N–H and O–H groups in total. The second-order valence-electron chi connectivity index (χ2n) is 7.52. The van der Waals surface area contributed by atoms with Crippen molar-refractivity contribution < 1.29 is 66.9 Å². The molecule has 0 spiro atoms. The Balaban J connectivity index is 2.79. The zero-order chi connectivity index (χ0) is 25.2. The number of nitrogens with zero attached hydrogens (tertiary/aromatic N) is 1. The highest BCUT2D eigenvalue weighted by atomic mass is 19.4. The van der Waals surface area contributed by atoms with Crippen molar-refractivity contribution in [1.29, 1.82) is 0 Å². The topological polar surface area (TPSA) is 32.7 Å². The molecule has 1 atom stereocenters. The van der Waals surface area contributed by atoms with Gasteiger partial charge in [-0.3, -0.25) is 4.90 Å². The van der Waals surface area contributed by atoms with Crippen LogP contribution in [0.1, 0.15) is 25.7 Å². The van der Waals surface area contributed by atoms with Gasteiger partial charge in [0.1, 0.15) is 0 Å². The van der Waals surface area contributed by atoms with E-state index in [1.54, 1.807) is 0 Å². The van der Waals surface area contributed by atoms with E-state index < -0.39 is 67.6 Å². The minimum absolute atomic E-state index is 0.245. The van der Waals surface area contributed by atoms with Crippen molar-refractivity contribution in [2.24, 2.45) is 0 Å². The first-order chi connectivity index (χ1) is 14.1. The van der Waals surface area contributed by atoms with Gasteiger partial charge >= 0.3 is 23.9 Å². The van der Waals surface area contributed by atoms with Crippen molar-refractivity contribution in [3.05, 3.63) is 0 Å². The summed E-state index contributed by atoms with van der Waals surface area (Å²) in [5.74, 6) is -16.0. The molecule has 0 radical (unpaired) electrons. The predicted molar refractivity (Wildman–Crippen MR) is 82.5 cm³/mol. The van der Waals surface area contributed by atoms with E-state index in [2.05, 4.69) is 0 Å². The van der Waals surface area contributed by atoms with Gasteiger partial charge in [-0.25, -0.2) is 30.7 Å². The highest BCUT2D eigenvalue weighted by molar-refractivity contribution is 5.06. The molecule has 3 nitrogen and oxygen atoms in total. The highest BCUT2D eigenvalue weighted by Gasteiger charge is 2.84. The Bertz CT molecular complexity index is 586. The first-order valence-electron chi connectivity index (χ1n) is 9.08. The fourth-order valence-electron chi connectivity index (χ4n) is 3.07. The van der Waals surface area contributed by atoms with E-state index in [1.807, 2.05) is 0 Å². The van der Waals surface area contributed by atoms with E-state index in [0.29, 0.717) is 0 Å². The lowest BCUT2D eigenvalue weighted by Gasteiger charge is -2.37. The average molecular weight is 505 g/mol. The molecule has 0 aromatic rings. The number of aliphatic hydroxyl groups is 1. The summed E-state index contributed by atoms with van der Waals surface area (Å²) < 4.78 is 175. The maximum Gasteiger partial charge on any atom is 0.437 e. The summed E-state index contributed by atoms with van der Waals surface area (Å²) in [5, 5.41) is 9.67. The summed E-state index contributed by atoms with van der Waals surface area (Å²) in [6.45, 7) is 0.734. The van der Waals surface area contributed by atoms with Crippen molar-refractivity contribution in [2.45, 2.75) is 67.6 Å². The molecular formula is C16H20F13NO2. The zero-order valence-corrected chi connectivity index (χ0v) is 16.2. The minimum atomic E-state index is -7.31. The van der Waals surface area contributed by atoms with E-state index in [4.69, 9.17) is 4.74 Å². The van der Waals surface area contributed by atoms with Crippen molar-refractivity contribution in [3.8, 4) is 0 Å². The Morgan fingerprint density at radius 2 is 1.16 bits per heavy atom. The second-order valence-corrected chi connectivity index (χ2v) is 7.52. The number of alkyl halides is 13. The molecule has 1 saturated heterocycles. The first-order valence-corrected chi connectivity index (χ1v) is 9.08. The van der Waals surface area contributed by atoms with Crippen LogP contribution in [0.2, 0.25) is 0 Å². The molecule has 0 amide bonds. The van der Waals surface area contributed by atoms with Gasteiger partial charge in [0.15, 0.2) is 0 Å². The van der Waals surface area contributed by atoms with Gasteiger partial charge in [-0.1, -0.05) is 0 Å². The van der Waals surface area contributed by atoms with Crippen LogP contribution in [0.3, 0.4) is 0 Å². The average Bonchev–Trinajstić information content (AvgIpc) is 2.57. The lowest BCUT2D eigenvalue weighted by Crippen LogP contribution is -2.65. The van der Waals surface area contributed by atoms with Crippen LogP contribution in [0.25, 0.3) is 0 Å². The molecule has 0 aliphatic carbocycles. The third kappa shape index (κ3) is 7.23. The number of rotatable bonds is 10. The van der Waals surface area contributed by atoms with E-state index >= 15 is 0 Å². The molecule has 1 unspecified atom stereocenters. The standard InChI is InChI=1S/C16H20F13NO2/c17-11(18,7-10(31)8-30-3-5-32-6-4-30)1-2-12(19,20)9-13(21,22)14(23,15(24,25)26)16(27,28)29/h10,31H,1-9H2. The summed E-state index contributed by atoms with van der Waals surface area (Å²) in [7, 11) is 0. The molecule has 192 valence electrons. The van der Waals surface area contributed by atoms with Crippen molar-refractivity contribution in [3.63, 3.8) is 0 Å². The maximum atomic E-state index is 13.8. The number of ether oxygens (including phenoxy) is 1. The van der Waals surface area contributed by atoms with Gasteiger partial charge in [0.05, 0.1) is 25.7 Å². The van der Waals surface area contributed by atoms with Crippen LogP contribution in [-0.4, -0.2) is 84.7 Å². The Morgan fingerprint density at radius 3 is 1.59 bits per heavy atom. The number of hydrogen-bond donors (Lipinski definition) is 1. The fourth-order valence-corrected chi connectivity index (χ4v) is 3.07. The molecule has 0 aromatic heterocycles. The smallest absolute Gasteiger partial charge is 0.392 e. The highest BCUT2D eigenvalue weighted by Crippen LogP contribution is 2.57. The predicted octanol–water partition coefficient (Wildman–Crippen LogP) is 4.98. The van der Waals surface area contributed by atoms with Crippen LogP contribution in [0, 0.1) is 0 Å². The van der Waals surface area contributed by atoms with Crippen LogP contribution < -0.4 is 0 Å². The molecule has 1 aliphatic heterocycles. The van der Waals surface area contributed by atoms with Crippen LogP contribution in [0.15, 0.2) is 0 Å². The SMILES string of the molecule is OC(CN1CCOCC1)CC(F)(F)CCC(F)(F)CC(F)(F)C(F)(C(F)(F)F)C(F)(F)F. The van der Waals surface area contributed by atoms with Crippen molar-refractivity contribution >= 4 is 0 Å². The summed E-state index contributed by atoms with van der Waals surface area (Å²) in [4.78, 5) is 1.51. The van der Waals surface area contributed by atoms with Crippen LogP contribution in [0.4, 0.5) is 57.1 Å². The molecular weight excluding hydrogens is 485 g/mol. The summed E-state index contributed by atoms with van der Waals surface area (Å²) in [6.07, 6.45) is -25.6. The van der Waals surface area contributed by atoms with Crippen molar-refractivity contribution in [2.75, 3.05) is 32.8 Å². The molecule has 0 bridgehead atoms. The Labute approximate surface area is 173 Å². The lowest BCUT2D eigenvalue weighted by molar-refractivity contribution is -0.402. The van der Waals surface area contributed by atoms with E-state index in [-0.39, 0.29) is 32.8 Å². The second kappa shape index (κ2) is 9.68. The Kier molecular flexibility index (Phi) is 8.77. The quantitative estimate of drug-likeness (QED) is 0.426. The van der Waals surface area contributed by atoms with Gasteiger partial charge in [-0.2, -0.15) is 26.3 Å². The van der Waals surface area contributed by atoms with Gasteiger partial charge in [-0.15, -0.1) is 0 Å². The molecule has 1 rings (SSSR count). The Morgan fingerprint density at radius 1 is 0.719 bits per heavy atom. The van der Waals surface area contributed by atoms with Gasteiger partial charge in [0.2, 0.25) is 0 Å². The number of β-amino-alcohol motifs (C(OH)–C–C–N with tert-alkyl or cyclic N) is 1. The summed E-state index contributed by atoms with van der Waals surface area (Å²) in [6, 6.07) is 0. The number of morpholine rings is 1. The normalized spacial score (nSPS) is 19.3. The van der Waals surface area contributed by atoms with Crippen molar-refractivity contribution in [1.82, 2.24) is 4.90 Å². The van der Waals surface area contributed by atoms with Gasteiger partial charge < -0.3 is 9.84 Å². The lowest BCUT2D eigenvalue weighted by atomic mass is 9.89. The largest absolute Gasteiger partial charge is 0.437 e. The fraction of sp³-hybridized carbons (Fsp3) is 1.00. The molecule has 16 heteroatoms. The third-order valence-electron chi connectivity index (χ3n) is 4.73. The number of halogens is 13. The van der Waals surface area contributed by atoms with E-state index in [0.717, 1.165) is 0 Å². The van der Waals surface area contributed by atoms with Crippen LogP contribution >= 0.6 is 0 Å². The van der Waals surface area contributed by atoms with E-state index in [9.17, 15) is 62.2 Å². The number of hydrogen-bond acceptors (Lipinski definition) is 3. The third-order valence-corrected chi connectivity index (χ3v) is 4.73. The molecule has 1 heterocycles. The van der Waals surface area contributed by atoms with Gasteiger partial charge in [-0.05, 0) is 0 Å². The van der Waals surface area contributed by atoms with Gasteiger partial charge in [0, 0.05) is 38.9 Å². The molecule has 1 fully saturated rings. The molecule has 0 saturated carbocycles. The van der Waals surface area contributed by atoms with Gasteiger partial charge in [0.25, 0.3) is 11.8 Å². The minimum Gasteiger partial charge on any atom is -0.392 e. The first kappa shape index (κ1) is 29.0. The molecule has 32 heavy (non-hydrogen) atoms. The summed E-state index contributed by atoms with van der Waals surface area (Å²) >= 11 is 0. The van der Waals surface area contributed by atoms with Crippen LogP contribution in [0.5, 0.6) is 0 Å². The summed E-state index contributed by atoms with van der Waals surface area (Å²) in [5.41, 5.74) is -7.31. The van der Waals surface area contributed by atoms with Crippen LogP contribution in [-0.2, 0) is 4.74 Å². The maximum absolute atomic E-state index is 13.8. The van der Waals surface area contributed by atoms with E-state index in [1.165, 1.54) is 4.90 Å². The Hall–Kier alpha value is -1.03. The monoisotopic (exact) mass is 505 g/mol. The zero-order valence-electron chi connectivity index (χ0n) is 16.2.